The standard InChI is InChI=1S/C15H20N2O/c1-10-15(11-6-7-16-9-11)13-8-12(18-3)4-5-14(13)17(10)2/h4-5,8,11,16H,6-7,9H2,1-3H3. The van der Waals surface area contributed by atoms with E-state index in [1.807, 2.05) is 6.07 Å². The second-order valence-electron chi connectivity index (χ2n) is 5.13. The number of benzene rings is 1. The monoisotopic (exact) mass is 244 g/mol. The van der Waals surface area contributed by atoms with Gasteiger partial charge in [-0.15, -0.1) is 0 Å². The van der Waals surface area contributed by atoms with Gasteiger partial charge in [0.1, 0.15) is 5.75 Å². The zero-order valence-electron chi connectivity index (χ0n) is 11.3. The summed E-state index contributed by atoms with van der Waals surface area (Å²) in [5.74, 6) is 1.58. The van der Waals surface area contributed by atoms with E-state index in [4.69, 9.17) is 4.74 Å². The zero-order valence-corrected chi connectivity index (χ0v) is 11.3. The molecule has 1 aliphatic heterocycles. The quantitative estimate of drug-likeness (QED) is 0.878. The lowest BCUT2D eigenvalue weighted by Crippen LogP contribution is -2.08. The second-order valence-corrected chi connectivity index (χ2v) is 5.13. The molecule has 0 spiro atoms. The van der Waals surface area contributed by atoms with E-state index in [2.05, 4.69) is 36.0 Å². The Morgan fingerprint density at radius 3 is 2.89 bits per heavy atom. The van der Waals surface area contributed by atoms with Gasteiger partial charge in [0.2, 0.25) is 0 Å². The zero-order chi connectivity index (χ0) is 12.7. The number of rotatable bonds is 2. The van der Waals surface area contributed by atoms with E-state index >= 15 is 0 Å². The Bertz CT molecular complexity index is 580. The molecule has 3 nitrogen and oxygen atoms in total. The van der Waals surface area contributed by atoms with Crippen LogP contribution >= 0.6 is 0 Å². The van der Waals surface area contributed by atoms with Crippen LogP contribution in [0.4, 0.5) is 0 Å². The Labute approximate surface area is 108 Å². The van der Waals surface area contributed by atoms with Crippen molar-refractivity contribution >= 4 is 10.9 Å². The molecule has 1 fully saturated rings. The fourth-order valence-corrected chi connectivity index (χ4v) is 3.12. The largest absolute Gasteiger partial charge is 0.497 e. The highest BCUT2D eigenvalue weighted by Gasteiger charge is 2.23. The van der Waals surface area contributed by atoms with Gasteiger partial charge >= 0.3 is 0 Å². The maximum atomic E-state index is 5.36. The van der Waals surface area contributed by atoms with E-state index in [-0.39, 0.29) is 0 Å². The molecule has 1 aromatic carbocycles. The van der Waals surface area contributed by atoms with Gasteiger partial charge in [-0.2, -0.15) is 0 Å². The van der Waals surface area contributed by atoms with E-state index in [0.717, 1.165) is 18.8 Å². The molecule has 2 aromatic rings. The summed E-state index contributed by atoms with van der Waals surface area (Å²) < 4.78 is 7.66. The van der Waals surface area contributed by atoms with Gasteiger partial charge in [0.15, 0.2) is 0 Å². The number of nitrogens with one attached hydrogen (secondary N) is 1. The lowest BCUT2D eigenvalue weighted by Gasteiger charge is -2.09. The van der Waals surface area contributed by atoms with Crippen LogP contribution in [0.5, 0.6) is 5.75 Å². The van der Waals surface area contributed by atoms with Gasteiger partial charge in [0.05, 0.1) is 7.11 Å². The van der Waals surface area contributed by atoms with Crippen LogP contribution in [0.3, 0.4) is 0 Å². The van der Waals surface area contributed by atoms with Crippen LogP contribution in [0.1, 0.15) is 23.6 Å². The average Bonchev–Trinajstić information content (AvgIpc) is 2.98. The van der Waals surface area contributed by atoms with Crippen molar-refractivity contribution in [3.63, 3.8) is 0 Å². The van der Waals surface area contributed by atoms with E-state index in [1.165, 1.54) is 28.6 Å². The molecule has 18 heavy (non-hydrogen) atoms. The Balaban J connectivity index is 2.24. The minimum Gasteiger partial charge on any atom is -0.497 e. The van der Waals surface area contributed by atoms with Crippen molar-refractivity contribution in [3.8, 4) is 5.75 Å². The molecule has 1 aromatic heterocycles. The molecule has 1 N–H and O–H groups in total. The number of aryl methyl sites for hydroxylation is 1. The van der Waals surface area contributed by atoms with Gasteiger partial charge < -0.3 is 14.6 Å². The van der Waals surface area contributed by atoms with Crippen molar-refractivity contribution in [2.75, 3.05) is 20.2 Å². The third-order valence-corrected chi connectivity index (χ3v) is 4.22. The van der Waals surface area contributed by atoms with Crippen molar-refractivity contribution in [2.24, 2.45) is 7.05 Å². The summed E-state index contributed by atoms with van der Waals surface area (Å²) in [6.45, 7) is 4.45. The van der Waals surface area contributed by atoms with Gasteiger partial charge in [0.25, 0.3) is 0 Å². The Hall–Kier alpha value is -1.48. The third-order valence-electron chi connectivity index (χ3n) is 4.22. The molecular weight excluding hydrogens is 224 g/mol. The molecule has 0 saturated carbocycles. The average molecular weight is 244 g/mol. The van der Waals surface area contributed by atoms with E-state index in [1.54, 1.807) is 7.11 Å². The Morgan fingerprint density at radius 1 is 1.39 bits per heavy atom. The molecule has 3 heteroatoms. The minimum absolute atomic E-state index is 0.640. The molecule has 1 unspecified atom stereocenters. The van der Waals surface area contributed by atoms with Gasteiger partial charge in [-0.25, -0.2) is 0 Å². The Morgan fingerprint density at radius 2 is 2.22 bits per heavy atom. The van der Waals surface area contributed by atoms with Crippen molar-refractivity contribution in [1.29, 1.82) is 0 Å². The topological polar surface area (TPSA) is 26.2 Å². The normalized spacial score (nSPS) is 19.6. The van der Waals surface area contributed by atoms with E-state index in [0.29, 0.717) is 5.92 Å². The smallest absolute Gasteiger partial charge is 0.119 e. The summed E-state index contributed by atoms with van der Waals surface area (Å²) in [5.41, 5.74) is 4.18. The predicted molar refractivity (Wildman–Crippen MR) is 74.4 cm³/mol. The van der Waals surface area contributed by atoms with Crippen LogP contribution < -0.4 is 10.1 Å². The third kappa shape index (κ3) is 1.62. The first-order valence-electron chi connectivity index (χ1n) is 6.56. The SMILES string of the molecule is COc1ccc2c(c1)c(C1CCNC1)c(C)n2C. The van der Waals surface area contributed by atoms with Crippen LogP contribution in [0.15, 0.2) is 18.2 Å². The number of hydrogen-bond acceptors (Lipinski definition) is 2. The molecule has 0 aliphatic carbocycles. The van der Waals surface area contributed by atoms with E-state index < -0.39 is 0 Å². The maximum Gasteiger partial charge on any atom is 0.119 e. The minimum atomic E-state index is 0.640. The maximum absolute atomic E-state index is 5.36. The molecule has 1 atom stereocenters. The van der Waals surface area contributed by atoms with Crippen molar-refractivity contribution in [2.45, 2.75) is 19.3 Å². The van der Waals surface area contributed by atoms with Gasteiger partial charge in [0, 0.05) is 30.2 Å². The second kappa shape index (κ2) is 4.32. The summed E-state index contributed by atoms with van der Waals surface area (Å²) in [6, 6.07) is 6.38. The molecule has 3 rings (SSSR count). The summed E-state index contributed by atoms with van der Waals surface area (Å²) in [6.07, 6.45) is 1.23. The fraction of sp³-hybridized carbons (Fsp3) is 0.467. The van der Waals surface area contributed by atoms with Crippen molar-refractivity contribution in [1.82, 2.24) is 9.88 Å². The molecule has 0 bridgehead atoms. The number of hydrogen-bond donors (Lipinski definition) is 1. The number of fused-ring (bicyclic) bond motifs is 1. The van der Waals surface area contributed by atoms with Crippen LogP contribution in [0.2, 0.25) is 0 Å². The highest BCUT2D eigenvalue weighted by Crippen LogP contribution is 2.35. The number of aromatic nitrogens is 1. The summed E-state index contributed by atoms with van der Waals surface area (Å²) in [4.78, 5) is 0. The van der Waals surface area contributed by atoms with Crippen molar-refractivity contribution in [3.05, 3.63) is 29.5 Å². The molecular formula is C15H20N2O. The summed E-state index contributed by atoms with van der Waals surface area (Å²) >= 11 is 0. The number of ether oxygens (including phenoxy) is 1. The molecule has 0 radical (unpaired) electrons. The lowest BCUT2D eigenvalue weighted by molar-refractivity contribution is 0.415. The highest BCUT2D eigenvalue weighted by molar-refractivity contribution is 5.87. The summed E-state index contributed by atoms with van der Waals surface area (Å²) in [7, 11) is 3.88. The van der Waals surface area contributed by atoms with E-state index in [9.17, 15) is 0 Å². The molecule has 0 amide bonds. The predicted octanol–water partition coefficient (Wildman–Crippen LogP) is 2.57. The van der Waals surface area contributed by atoms with Crippen LogP contribution in [0, 0.1) is 6.92 Å². The molecule has 1 saturated heterocycles. The molecule has 96 valence electrons. The highest BCUT2D eigenvalue weighted by atomic mass is 16.5. The molecule has 2 heterocycles. The number of nitrogens with zero attached hydrogens (tertiary/aromatic N) is 1. The summed E-state index contributed by atoms with van der Waals surface area (Å²) in [5, 5.41) is 4.81. The Kier molecular flexibility index (Phi) is 2.78. The van der Waals surface area contributed by atoms with Gasteiger partial charge in [-0.3, -0.25) is 0 Å². The lowest BCUT2D eigenvalue weighted by atomic mass is 9.95. The first-order chi connectivity index (χ1) is 8.72. The number of methoxy groups -OCH3 is 1. The van der Waals surface area contributed by atoms with Crippen molar-refractivity contribution < 1.29 is 4.74 Å². The first-order valence-corrected chi connectivity index (χ1v) is 6.56. The van der Waals surface area contributed by atoms with Crippen LogP contribution in [-0.2, 0) is 7.05 Å². The first kappa shape index (κ1) is 11.6. The molecule has 1 aliphatic rings. The van der Waals surface area contributed by atoms with Gasteiger partial charge in [-0.1, -0.05) is 0 Å². The van der Waals surface area contributed by atoms with Crippen LogP contribution in [0.25, 0.3) is 10.9 Å². The van der Waals surface area contributed by atoms with Gasteiger partial charge in [-0.05, 0) is 49.6 Å². The van der Waals surface area contributed by atoms with Crippen LogP contribution in [-0.4, -0.2) is 24.8 Å². The fourth-order valence-electron chi connectivity index (χ4n) is 3.12.